The minimum absolute atomic E-state index is 0.625. The molecule has 43 heavy (non-hydrogen) atoms. The van der Waals surface area contributed by atoms with E-state index in [1.165, 1.54) is 0 Å². The zero-order valence-electron chi connectivity index (χ0n) is 23.0. The summed E-state index contributed by atoms with van der Waals surface area (Å²) in [6.45, 7) is 0. The fourth-order valence-electron chi connectivity index (χ4n) is 5.30. The lowest BCUT2D eigenvalue weighted by Gasteiger charge is -2.10. The molecule has 0 atom stereocenters. The molecular weight excluding hydrogens is 528 g/mol. The number of pyridine rings is 1. The Labute approximate surface area is 248 Å². The van der Waals surface area contributed by atoms with Gasteiger partial charge in [0.1, 0.15) is 0 Å². The van der Waals surface area contributed by atoms with E-state index >= 15 is 0 Å². The first-order valence-electron chi connectivity index (χ1n) is 14.1. The molecule has 0 N–H and O–H groups in total. The van der Waals surface area contributed by atoms with Crippen molar-refractivity contribution >= 4 is 16.4 Å². The van der Waals surface area contributed by atoms with Crippen molar-refractivity contribution in [2.75, 3.05) is 0 Å². The predicted molar refractivity (Wildman–Crippen MR) is 171 cm³/mol. The molecule has 0 spiro atoms. The van der Waals surface area contributed by atoms with Crippen LogP contribution in [0, 0.1) is 0 Å². The van der Waals surface area contributed by atoms with Crippen molar-refractivity contribution in [2.45, 2.75) is 0 Å². The van der Waals surface area contributed by atoms with Crippen LogP contribution in [-0.2, 0) is 0 Å². The lowest BCUT2D eigenvalue weighted by atomic mass is 10.0. The van der Waals surface area contributed by atoms with Crippen molar-refractivity contribution in [3.05, 3.63) is 146 Å². The Hall–Kier alpha value is -6.01. The molecule has 3 heterocycles. The Morgan fingerprint density at radius 3 is 1.42 bits per heavy atom. The van der Waals surface area contributed by atoms with Crippen LogP contribution in [0.4, 0.5) is 0 Å². The molecule has 6 heteroatoms. The highest BCUT2D eigenvalue weighted by molar-refractivity contribution is 5.85. The summed E-state index contributed by atoms with van der Waals surface area (Å²) < 4.78 is 1.85. The maximum atomic E-state index is 4.90. The lowest BCUT2D eigenvalue weighted by molar-refractivity contribution is 0.974. The second kappa shape index (κ2) is 10.4. The molecule has 5 aromatic carbocycles. The molecule has 3 aromatic heterocycles. The average Bonchev–Trinajstić information content (AvgIpc) is 3.51. The van der Waals surface area contributed by atoms with Gasteiger partial charge in [-0.3, -0.25) is 0 Å². The molecule has 0 amide bonds. The number of fused-ring (bicyclic) bond motifs is 2. The number of rotatable bonds is 5. The van der Waals surface area contributed by atoms with E-state index < -0.39 is 0 Å². The highest BCUT2D eigenvalue weighted by Crippen LogP contribution is 2.30. The van der Waals surface area contributed by atoms with Gasteiger partial charge in [-0.2, -0.15) is 0 Å². The van der Waals surface area contributed by atoms with Crippen LogP contribution in [0.15, 0.2) is 146 Å². The van der Waals surface area contributed by atoms with Gasteiger partial charge in [0.25, 0.3) is 0 Å². The summed E-state index contributed by atoms with van der Waals surface area (Å²) in [5.41, 5.74) is 6.69. The van der Waals surface area contributed by atoms with Crippen LogP contribution >= 0.6 is 0 Å². The van der Waals surface area contributed by atoms with Crippen LogP contribution in [0.3, 0.4) is 0 Å². The standard InChI is InChI=1S/C37H24N6/c1-3-11-25(12-4-1)34-39-35(26-13-5-2-6-14-26)41-36(40-34)30-19-9-17-27(21-30)28-18-10-20-31(22-28)37-38-33-23-29-15-7-8-16-32(29)24-43(33)42-37/h1-24H. The van der Waals surface area contributed by atoms with Crippen molar-refractivity contribution < 1.29 is 0 Å². The zero-order chi connectivity index (χ0) is 28.6. The molecule has 0 radical (unpaired) electrons. The Kier molecular flexibility index (Phi) is 6.01. The zero-order valence-corrected chi connectivity index (χ0v) is 23.0. The Morgan fingerprint density at radius 2 is 0.814 bits per heavy atom. The van der Waals surface area contributed by atoms with Gasteiger partial charge in [0.05, 0.1) is 0 Å². The fraction of sp³-hybridized carbons (Fsp3) is 0. The van der Waals surface area contributed by atoms with Crippen molar-refractivity contribution in [1.29, 1.82) is 0 Å². The summed E-state index contributed by atoms with van der Waals surface area (Å²) in [6, 6.07) is 47.0. The SMILES string of the molecule is c1ccc(-c2nc(-c3ccccc3)nc(-c3cccc(-c4cccc(-c5nc6cc7ccccc7cn6n5)c4)c3)n2)cc1. The largest absolute Gasteiger partial charge is 0.220 e. The minimum atomic E-state index is 0.625. The highest BCUT2D eigenvalue weighted by Gasteiger charge is 2.14. The summed E-state index contributed by atoms with van der Waals surface area (Å²) in [6.07, 6.45) is 2.02. The number of benzene rings is 5. The molecule has 8 aromatic rings. The van der Waals surface area contributed by atoms with Crippen molar-refractivity contribution in [3.63, 3.8) is 0 Å². The molecule has 0 aliphatic heterocycles. The van der Waals surface area contributed by atoms with Crippen LogP contribution in [0.2, 0.25) is 0 Å². The van der Waals surface area contributed by atoms with E-state index in [4.69, 9.17) is 25.0 Å². The number of hydrogen-bond acceptors (Lipinski definition) is 5. The molecule has 0 fully saturated rings. The van der Waals surface area contributed by atoms with Gasteiger partial charge in [0, 0.05) is 33.8 Å². The molecule has 202 valence electrons. The average molecular weight is 553 g/mol. The summed E-state index contributed by atoms with van der Waals surface area (Å²) in [5.74, 6) is 2.59. The van der Waals surface area contributed by atoms with E-state index in [1.807, 2.05) is 108 Å². The second-order valence-electron chi connectivity index (χ2n) is 10.3. The topological polar surface area (TPSA) is 68.9 Å². The van der Waals surface area contributed by atoms with Crippen molar-refractivity contribution in [3.8, 4) is 56.7 Å². The van der Waals surface area contributed by atoms with Gasteiger partial charge in [0.15, 0.2) is 28.9 Å². The van der Waals surface area contributed by atoms with Crippen LogP contribution in [0.1, 0.15) is 0 Å². The van der Waals surface area contributed by atoms with Gasteiger partial charge in [0.2, 0.25) is 0 Å². The van der Waals surface area contributed by atoms with Crippen LogP contribution in [-0.4, -0.2) is 29.5 Å². The quantitative estimate of drug-likeness (QED) is 0.214. The maximum Gasteiger partial charge on any atom is 0.182 e. The van der Waals surface area contributed by atoms with Gasteiger partial charge >= 0.3 is 0 Å². The van der Waals surface area contributed by atoms with Crippen LogP contribution in [0.5, 0.6) is 0 Å². The number of nitrogens with zero attached hydrogens (tertiary/aromatic N) is 6. The van der Waals surface area contributed by atoms with Crippen LogP contribution in [0.25, 0.3) is 73.1 Å². The molecule has 8 rings (SSSR count). The molecule has 0 aliphatic carbocycles. The third-order valence-electron chi connectivity index (χ3n) is 7.47. The van der Waals surface area contributed by atoms with Gasteiger partial charge in [-0.15, -0.1) is 5.10 Å². The Bertz CT molecular complexity index is 2130. The van der Waals surface area contributed by atoms with Gasteiger partial charge in [-0.05, 0) is 34.7 Å². The van der Waals surface area contributed by atoms with Crippen LogP contribution < -0.4 is 0 Å². The van der Waals surface area contributed by atoms with E-state index in [-0.39, 0.29) is 0 Å². The van der Waals surface area contributed by atoms with Gasteiger partial charge in [-0.25, -0.2) is 24.5 Å². The summed E-state index contributed by atoms with van der Waals surface area (Å²) in [4.78, 5) is 19.5. The molecule has 0 bridgehead atoms. The van der Waals surface area contributed by atoms with Crippen molar-refractivity contribution in [2.24, 2.45) is 0 Å². The second-order valence-corrected chi connectivity index (χ2v) is 10.3. The summed E-state index contributed by atoms with van der Waals surface area (Å²) >= 11 is 0. The third-order valence-corrected chi connectivity index (χ3v) is 7.47. The smallest absolute Gasteiger partial charge is 0.182 e. The van der Waals surface area contributed by atoms with Crippen molar-refractivity contribution in [1.82, 2.24) is 29.5 Å². The molecule has 6 nitrogen and oxygen atoms in total. The first-order chi connectivity index (χ1) is 21.3. The minimum Gasteiger partial charge on any atom is -0.220 e. The van der Waals surface area contributed by atoms with Gasteiger partial charge < -0.3 is 0 Å². The summed E-state index contributed by atoms with van der Waals surface area (Å²) in [5, 5.41) is 7.06. The maximum absolute atomic E-state index is 4.90. The lowest BCUT2D eigenvalue weighted by Crippen LogP contribution is -2.00. The highest BCUT2D eigenvalue weighted by atomic mass is 15.3. The molecule has 0 unspecified atom stereocenters. The first kappa shape index (κ1) is 24.8. The normalized spacial score (nSPS) is 11.3. The van der Waals surface area contributed by atoms with Gasteiger partial charge in [-0.1, -0.05) is 121 Å². The Morgan fingerprint density at radius 1 is 0.349 bits per heavy atom. The molecule has 0 saturated heterocycles. The van der Waals surface area contributed by atoms with E-state index in [9.17, 15) is 0 Å². The molecular formula is C37H24N6. The fourth-order valence-corrected chi connectivity index (χ4v) is 5.30. The third kappa shape index (κ3) is 4.81. The van der Waals surface area contributed by atoms with E-state index in [0.717, 1.165) is 49.8 Å². The van der Waals surface area contributed by atoms with E-state index in [0.29, 0.717) is 23.3 Å². The number of aromatic nitrogens is 6. The number of hydrogen-bond donors (Lipinski definition) is 0. The Balaban J connectivity index is 1.19. The summed E-state index contributed by atoms with van der Waals surface area (Å²) in [7, 11) is 0. The predicted octanol–water partition coefficient (Wildman–Crippen LogP) is 8.40. The monoisotopic (exact) mass is 552 g/mol. The molecule has 0 aliphatic rings. The van der Waals surface area contributed by atoms with E-state index in [2.05, 4.69) is 42.5 Å². The van der Waals surface area contributed by atoms with E-state index in [1.54, 1.807) is 0 Å². The molecule has 0 saturated carbocycles. The first-order valence-corrected chi connectivity index (χ1v) is 14.1.